The van der Waals surface area contributed by atoms with E-state index in [2.05, 4.69) is 5.32 Å². The first-order chi connectivity index (χ1) is 13.3. The molecule has 2 heterocycles. The van der Waals surface area contributed by atoms with Gasteiger partial charge in [0.05, 0.1) is 10.5 Å². The van der Waals surface area contributed by atoms with E-state index in [0.29, 0.717) is 17.1 Å². The lowest BCUT2D eigenvalue weighted by Crippen LogP contribution is -2.43. The summed E-state index contributed by atoms with van der Waals surface area (Å²) in [6, 6.07) is 7.42. The Bertz CT molecular complexity index is 967. The van der Waals surface area contributed by atoms with Crippen molar-refractivity contribution < 1.29 is 18.0 Å². The number of nitrogens with one attached hydrogen (secondary N) is 1. The van der Waals surface area contributed by atoms with Crippen LogP contribution in [0.15, 0.2) is 40.6 Å². The summed E-state index contributed by atoms with van der Waals surface area (Å²) in [5.41, 5.74) is 5.82. The molecule has 0 saturated carbocycles. The van der Waals surface area contributed by atoms with E-state index in [0.717, 1.165) is 25.7 Å². The van der Waals surface area contributed by atoms with Crippen molar-refractivity contribution in [1.82, 2.24) is 4.31 Å². The topological polar surface area (TPSA) is 110 Å². The standard InChI is InChI=1S/C19H23N3O4S2/c1-2-14-5-3-4-11-22(14)28(25,26)15-8-6-13(7-9-15)18(24)21-19-16(17(20)23)10-12-27-19/h6-10,12,14H,2-5,11H2,1H3,(H2,20,23)(H,21,24)/t14-/m0/s1. The highest BCUT2D eigenvalue weighted by Gasteiger charge is 2.32. The second-order valence-electron chi connectivity index (χ2n) is 6.68. The van der Waals surface area contributed by atoms with Crippen LogP contribution in [0.1, 0.15) is 53.3 Å². The molecular formula is C19H23N3O4S2. The first kappa shape index (κ1) is 20.5. The number of carbonyl (C=O) groups excluding carboxylic acids is 2. The lowest BCUT2D eigenvalue weighted by molar-refractivity contribution is 0.100. The van der Waals surface area contributed by atoms with Crippen molar-refractivity contribution in [2.45, 2.75) is 43.5 Å². The number of carbonyl (C=O) groups is 2. The number of primary amides is 1. The summed E-state index contributed by atoms with van der Waals surface area (Å²) in [6.07, 6.45) is 3.56. The molecule has 0 aliphatic carbocycles. The zero-order valence-electron chi connectivity index (χ0n) is 15.6. The van der Waals surface area contributed by atoms with Gasteiger partial charge >= 0.3 is 0 Å². The SMILES string of the molecule is CC[C@H]1CCCCN1S(=O)(=O)c1ccc(C(=O)Nc2sccc2C(N)=O)cc1. The number of hydrogen-bond donors (Lipinski definition) is 2. The predicted octanol–water partition coefficient (Wildman–Crippen LogP) is 3.05. The lowest BCUT2D eigenvalue weighted by atomic mass is 10.0. The fraction of sp³-hybridized carbons (Fsp3) is 0.368. The van der Waals surface area contributed by atoms with E-state index in [1.807, 2.05) is 6.92 Å². The Labute approximate surface area is 168 Å². The molecule has 1 atom stereocenters. The maximum atomic E-state index is 13.0. The van der Waals surface area contributed by atoms with Crippen LogP contribution < -0.4 is 11.1 Å². The van der Waals surface area contributed by atoms with Crippen molar-refractivity contribution >= 4 is 38.2 Å². The smallest absolute Gasteiger partial charge is 0.256 e. The molecule has 9 heteroatoms. The van der Waals surface area contributed by atoms with Crippen LogP contribution in [0.25, 0.3) is 0 Å². The van der Waals surface area contributed by atoms with Crippen molar-refractivity contribution in [3.8, 4) is 0 Å². The van der Waals surface area contributed by atoms with Gasteiger partial charge in [-0.2, -0.15) is 4.31 Å². The van der Waals surface area contributed by atoms with Gasteiger partial charge in [-0.15, -0.1) is 11.3 Å². The van der Waals surface area contributed by atoms with Gasteiger partial charge in [-0.05, 0) is 55.0 Å². The summed E-state index contributed by atoms with van der Waals surface area (Å²) >= 11 is 1.19. The molecule has 3 rings (SSSR count). The highest BCUT2D eigenvalue weighted by Crippen LogP contribution is 2.27. The van der Waals surface area contributed by atoms with Crippen LogP contribution in [0.3, 0.4) is 0 Å². The lowest BCUT2D eigenvalue weighted by Gasteiger charge is -2.34. The summed E-state index contributed by atoms with van der Waals surface area (Å²) < 4.78 is 27.6. The summed E-state index contributed by atoms with van der Waals surface area (Å²) in [7, 11) is -3.59. The van der Waals surface area contributed by atoms with Gasteiger partial charge < -0.3 is 11.1 Å². The summed E-state index contributed by atoms with van der Waals surface area (Å²) in [6.45, 7) is 2.52. The van der Waals surface area contributed by atoms with Crippen LogP contribution in [0.4, 0.5) is 5.00 Å². The van der Waals surface area contributed by atoms with Gasteiger partial charge in [-0.1, -0.05) is 13.3 Å². The maximum Gasteiger partial charge on any atom is 0.256 e. The van der Waals surface area contributed by atoms with Gasteiger partial charge in [0.15, 0.2) is 0 Å². The Kier molecular flexibility index (Phi) is 6.17. The van der Waals surface area contributed by atoms with Crippen LogP contribution in [-0.4, -0.2) is 37.1 Å². The molecule has 0 spiro atoms. The number of piperidine rings is 1. The third-order valence-corrected chi connectivity index (χ3v) is 7.72. The highest BCUT2D eigenvalue weighted by molar-refractivity contribution is 7.89. The van der Waals surface area contributed by atoms with Gasteiger partial charge in [-0.3, -0.25) is 9.59 Å². The normalized spacial score (nSPS) is 18.0. The Balaban J connectivity index is 1.78. The number of thiophene rings is 1. The van der Waals surface area contributed by atoms with E-state index in [1.165, 1.54) is 35.6 Å². The number of nitrogens with zero attached hydrogens (tertiary/aromatic N) is 1. The molecule has 0 unspecified atom stereocenters. The quantitative estimate of drug-likeness (QED) is 0.747. The number of amides is 2. The monoisotopic (exact) mass is 421 g/mol. The van der Waals surface area contributed by atoms with Gasteiger partial charge in [-0.25, -0.2) is 8.42 Å². The van der Waals surface area contributed by atoms with Crippen LogP contribution in [0.2, 0.25) is 0 Å². The summed E-state index contributed by atoms with van der Waals surface area (Å²) in [4.78, 5) is 24.0. The molecule has 1 fully saturated rings. The van der Waals surface area contributed by atoms with E-state index in [-0.39, 0.29) is 16.5 Å². The third-order valence-electron chi connectivity index (χ3n) is 4.93. The molecule has 150 valence electrons. The molecule has 0 radical (unpaired) electrons. The molecule has 0 bridgehead atoms. The van der Waals surface area contributed by atoms with Crippen LogP contribution in [0.5, 0.6) is 0 Å². The fourth-order valence-corrected chi connectivity index (χ4v) is 5.94. The zero-order chi connectivity index (χ0) is 20.3. The molecule has 7 nitrogen and oxygen atoms in total. The fourth-order valence-electron chi connectivity index (χ4n) is 3.39. The molecule has 1 aliphatic heterocycles. The second kappa shape index (κ2) is 8.42. The largest absolute Gasteiger partial charge is 0.366 e. The average molecular weight is 422 g/mol. The molecule has 2 aromatic rings. The van der Waals surface area contributed by atoms with E-state index < -0.39 is 21.8 Å². The van der Waals surface area contributed by atoms with Gasteiger partial charge in [0.2, 0.25) is 10.0 Å². The number of nitrogens with two attached hydrogens (primary N) is 1. The van der Waals surface area contributed by atoms with Crippen molar-refractivity contribution in [2.75, 3.05) is 11.9 Å². The third kappa shape index (κ3) is 4.11. The number of benzene rings is 1. The number of rotatable bonds is 6. The van der Waals surface area contributed by atoms with Gasteiger partial charge in [0, 0.05) is 18.2 Å². The first-order valence-corrected chi connectivity index (χ1v) is 11.5. The number of hydrogen-bond acceptors (Lipinski definition) is 5. The van der Waals surface area contributed by atoms with E-state index in [9.17, 15) is 18.0 Å². The second-order valence-corrected chi connectivity index (χ2v) is 9.49. The molecule has 1 aromatic heterocycles. The predicted molar refractivity (Wildman–Crippen MR) is 109 cm³/mol. The van der Waals surface area contributed by atoms with E-state index in [1.54, 1.807) is 15.8 Å². The average Bonchev–Trinajstić information content (AvgIpc) is 3.16. The molecule has 1 aromatic carbocycles. The minimum atomic E-state index is -3.59. The Morgan fingerprint density at radius 1 is 1.21 bits per heavy atom. The molecule has 3 N–H and O–H groups in total. The summed E-state index contributed by atoms with van der Waals surface area (Å²) in [5, 5.41) is 4.67. The number of anilines is 1. The Morgan fingerprint density at radius 2 is 1.93 bits per heavy atom. The van der Waals surface area contributed by atoms with Gasteiger partial charge in [0.25, 0.3) is 11.8 Å². The van der Waals surface area contributed by atoms with Crippen molar-refractivity contribution in [2.24, 2.45) is 5.73 Å². The van der Waals surface area contributed by atoms with Crippen molar-refractivity contribution in [3.05, 3.63) is 46.8 Å². The Hall–Kier alpha value is -2.23. The first-order valence-electron chi connectivity index (χ1n) is 9.15. The Morgan fingerprint density at radius 3 is 2.57 bits per heavy atom. The zero-order valence-corrected chi connectivity index (χ0v) is 17.2. The van der Waals surface area contributed by atoms with Crippen molar-refractivity contribution in [1.29, 1.82) is 0 Å². The van der Waals surface area contributed by atoms with E-state index in [4.69, 9.17) is 5.73 Å². The van der Waals surface area contributed by atoms with Crippen molar-refractivity contribution in [3.63, 3.8) is 0 Å². The molecule has 1 saturated heterocycles. The molecule has 2 amide bonds. The van der Waals surface area contributed by atoms with Crippen LogP contribution >= 0.6 is 11.3 Å². The van der Waals surface area contributed by atoms with Crippen LogP contribution in [0, 0.1) is 0 Å². The minimum Gasteiger partial charge on any atom is -0.366 e. The summed E-state index contributed by atoms with van der Waals surface area (Å²) in [5.74, 6) is -1.05. The highest BCUT2D eigenvalue weighted by atomic mass is 32.2. The molecule has 1 aliphatic rings. The van der Waals surface area contributed by atoms with E-state index >= 15 is 0 Å². The van der Waals surface area contributed by atoms with Gasteiger partial charge in [0.1, 0.15) is 5.00 Å². The number of sulfonamides is 1. The molecule has 28 heavy (non-hydrogen) atoms. The maximum absolute atomic E-state index is 13.0. The minimum absolute atomic E-state index is 0.0211. The molecular weight excluding hydrogens is 398 g/mol. The van der Waals surface area contributed by atoms with Crippen LogP contribution in [-0.2, 0) is 10.0 Å².